The van der Waals surface area contributed by atoms with Crippen LogP contribution in [0, 0.1) is 0 Å². The predicted octanol–water partition coefficient (Wildman–Crippen LogP) is 6.15. The maximum absolute atomic E-state index is 12.9. The number of carbonyl (C=O) groups excluding carboxylic acids is 2. The van der Waals surface area contributed by atoms with E-state index in [0.717, 1.165) is 18.7 Å². The summed E-state index contributed by atoms with van der Waals surface area (Å²) in [5, 5.41) is 5.78. The van der Waals surface area contributed by atoms with Gasteiger partial charge >= 0.3 is 0 Å². The van der Waals surface area contributed by atoms with E-state index in [1.165, 1.54) is 44.9 Å². The molecule has 204 valence electrons. The fourth-order valence-corrected chi connectivity index (χ4v) is 3.87. The molecule has 37 heavy (non-hydrogen) atoms. The molecule has 0 aliphatic carbocycles. The summed E-state index contributed by atoms with van der Waals surface area (Å²) in [6, 6.07) is 12.2. The number of carbonyl (C=O) groups is 2. The second kappa shape index (κ2) is 17.4. The third kappa shape index (κ3) is 11.7. The van der Waals surface area contributed by atoms with Crippen LogP contribution in [-0.4, -0.2) is 57.1 Å². The van der Waals surface area contributed by atoms with Gasteiger partial charge in [-0.2, -0.15) is 0 Å². The van der Waals surface area contributed by atoms with Crippen LogP contribution in [0.25, 0.3) is 0 Å². The number of hydrogen-bond donors (Lipinski definition) is 2. The molecule has 0 spiro atoms. The lowest BCUT2D eigenvalue weighted by atomic mass is 10.1. The summed E-state index contributed by atoms with van der Waals surface area (Å²) in [6.07, 6.45) is 10.1. The molecule has 0 fully saturated rings. The Balaban J connectivity index is 1.88. The molecule has 2 N–H and O–H groups in total. The fourth-order valence-electron chi connectivity index (χ4n) is 3.87. The van der Waals surface area contributed by atoms with Crippen LogP contribution in [-0.2, 0) is 0 Å². The van der Waals surface area contributed by atoms with Crippen molar-refractivity contribution in [2.24, 2.45) is 0 Å². The average Bonchev–Trinajstić information content (AvgIpc) is 2.89. The molecular formula is C30H45N3O4. The zero-order chi connectivity index (χ0) is 26.9. The van der Waals surface area contributed by atoms with Gasteiger partial charge in [0.1, 0.15) is 11.5 Å². The highest BCUT2D eigenvalue weighted by Crippen LogP contribution is 2.27. The highest BCUT2D eigenvalue weighted by molar-refractivity contribution is 6.06. The minimum atomic E-state index is -0.277. The first-order valence-electron chi connectivity index (χ1n) is 13.7. The number of amides is 2. The average molecular weight is 512 g/mol. The Kier molecular flexibility index (Phi) is 14.2. The number of nitrogens with one attached hydrogen (secondary N) is 2. The summed E-state index contributed by atoms with van der Waals surface area (Å²) < 4.78 is 11.5. The van der Waals surface area contributed by atoms with Gasteiger partial charge in [-0.1, -0.05) is 51.9 Å². The second-order valence-electron chi connectivity index (χ2n) is 9.50. The molecule has 0 unspecified atom stereocenters. The second-order valence-corrected chi connectivity index (χ2v) is 9.50. The van der Waals surface area contributed by atoms with E-state index < -0.39 is 0 Å². The van der Waals surface area contributed by atoms with E-state index in [0.29, 0.717) is 42.3 Å². The number of rotatable bonds is 18. The number of hydrogen-bond acceptors (Lipinski definition) is 5. The van der Waals surface area contributed by atoms with Crippen LogP contribution in [0.5, 0.6) is 11.5 Å². The summed E-state index contributed by atoms with van der Waals surface area (Å²) in [4.78, 5) is 27.5. The largest absolute Gasteiger partial charge is 0.494 e. The molecular weight excluding hydrogens is 466 g/mol. The third-order valence-corrected chi connectivity index (χ3v) is 6.02. The van der Waals surface area contributed by atoms with Crippen LogP contribution in [0.2, 0.25) is 0 Å². The minimum absolute atomic E-state index is 0.196. The first-order chi connectivity index (χ1) is 17.9. The normalized spacial score (nSPS) is 10.8. The van der Waals surface area contributed by atoms with Gasteiger partial charge in [0, 0.05) is 24.2 Å². The van der Waals surface area contributed by atoms with Crippen molar-refractivity contribution in [2.45, 2.75) is 65.2 Å². The van der Waals surface area contributed by atoms with Crippen LogP contribution in [0.1, 0.15) is 85.9 Å². The van der Waals surface area contributed by atoms with E-state index >= 15 is 0 Å². The van der Waals surface area contributed by atoms with Crippen molar-refractivity contribution < 1.29 is 19.1 Å². The van der Waals surface area contributed by atoms with Gasteiger partial charge in [0.2, 0.25) is 0 Å². The first kappa shape index (κ1) is 30.2. The molecule has 0 aromatic heterocycles. The van der Waals surface area contributed by atoms with Crippen molar-refractivity contribution in [3.05, 3.63) is 53.6 Å². The maximum atomic E-state index is 12.9. The number of nitrogens with zero attached hydrogens (tertiary/aromatic N) is 1. The standard InChI is InChI=1S/C30H45N3O4/c1-5-7-8-9-10-11-12-13-22-37-26-17-14-24(15-18-26)30(35)32-27-23-25(16-19-28(27)36-6-2)29(34)31-20-21-33(3)4/h14-19,23H,5-13,20-22H2,1-4H3,(H,31,34)(H,32,35). The highest BCUT2D eigenvalue weighted by Gasteiger charge is 2.14. The third-order valence-electron chi connectivity index (χ3n) is 6.02. The van der Waals surface area contributed by atoms with Crippen LogP contribution in [0.15, 0.2) is 42.5 Å². The Morgan fingerprint density at radius 3 is 2.08 bits per heavy atom. The number of ether oxygens (including phenoxy) is 2. The Bertz CT molecular complexity index is 944. The topological polar surface area (TPSA) is 79.9 Å². The molecule has 2 aromatic rings. The van der Waals surface area contributed by atoms with Gasteiger partial charge < -0.3 is 25.0 Å². The predicted molar refractivity (Wildman–Crippen MR) is 151 cm³/mol. The Morgan fingerprint density at radius 2 is 1.43 bits per heavy atom. The monoisotopic (exact) mass is 511 g/mol. The van der Waals surface area contributed by atoms with E-state index in [-0.39, 0.29) is 11.8 Å². The molecule has 7 heteroatoms. The zero-order valence-electron chi connectivity index (χ0n) is 23.1. The van der Waals surface area contributed by atoms with Gasteiger partial charge in [0.15, 0.2) is 0 Å². The minimum Gasteiger partial charge on any atom is -0.494 e. The SMILES string of the molecule is CCCCCCCCCCOc1ccc(C(=O)Nc2cc(C(=O)NCCN(C)C)ccc2OCC)cc1. The van der Waals surface area contributed by atoms with Crippen molar-refractivity contribution in [3.63, 3.8) is 0 Å². The number of likely N-dealkylation sites (N-methyl/N-ethyl adjacent to an activating group) is 1. The summed E-state index contributed by atoms with van der Waals surface area (Å²) in [5.41, 5.74) is 1.42. The lowest BCUT2D eigenvalue weighted by Gasteiger charge is -2.14. The van der Waals surface area contributed by atoms with Gasteiger partial charge in [-0.3, -0.25) is 9.59 Å². The summed E-state index contributed by atoms with van der Waals surface area (Å²) in [6.45, 7) is 6.52. The molecule has 0 aliphatic rings. The number of unbranched alkanes of at least 4 members (excludes halogenated alkanes) is 7. The van der Waals surface area contributed by atoms with Crippen LogP contribution in [0.4, 0.5) is 5.69 Å². The smallest absolute Gasteiger partial charge is 0.255 e. The number of benzene rings is 2. The molecule has 0 heterocycles. The Labute approximate surface area is 222 Å². The molecule has 2 rings (SSSR count). The van der Waals surface area contributed by atoms with E-state index in [2.05, 4.69) is 17.6 Å². The fraction of sp³-hybridized carbons (Fsp3) is 0.533. The quantitative estimate of drug-likeness (QED) is 0.235. The molecule has 7 nitrogen and oxygen atoms in total. The molecule has 0 saturated carbocycles. The molecule has 0 saturated heterocycles. The van der Waals surface area contributed by atoms with Gasteiger partial charge in [-0.15, -0.1) is 0 Å². The van der Waals surface area contributed by atoms with Gasteiger partial charge in [0.05, 0.1) is 18.9 Å². The molecule has 2 aromatic carbocycles. The molecule has 2 amide bonds. The van der Waals surface area contributed by atoms with E-state index in [4.69, 9.17) is 9.47 Å². The van der Waals surface area contributed by atoms with Gasteiger partial charge in [0.25, 0.3) is 11.8 Å². The summed E-state index contributed by atoms with van der Waals surface area (Å²) in [7, 11) is 3.90. The van der Waals surface area contributed by atoms with Crippen LogP contribution >= 0.6 is 0 Å². The zero-order valence-corrected chi connectivity index (χ0v) is 23.1. The lowest BCUT2D eigenvalue weighted by Crippen LogP contribution is -2.31. The van der Waals surface area contributed by atoms with E-state index in [9.17, 15) is 9.59 Å². The van der Waals surface area contributed by atoms with E-state index in [1.807, 2.05) is 38.1 Å². The molecule has 0 aliphatic heterocycles. The summed E-state index contributed by atoms with van der Waals surface area (Å²) in [5.74, 6) is 0.802. The van der Waals surface area contributed by atoms with Crippen LogP contribution in [0.3, 0.4) is 0 Å². The van der Waals surface area contributed by atoms with Gasteiger partial charge in [-0.25, -0.2) is 0 Å². The summed E-state index contributed by atoms with van der Waals surface area (Å²) >= 11 is 0. The molecule has 0 atom stereocenters. The highest BCUT2D eigenvalue weighted by atomic mass is 16.5. The molecule has 0 bridgehead atoms. The molecule has 0 radical (unpaired) electrons. The first-order valence-corrected chi connectivity index (χ1v) is 13.7. The lowest BCUT2D eigenvalue weighted by molar-refractivity contribution is 0.0949. The van der Waals surface area contributed by atoms with E-state index in [1.54, 1.807) is 30.3 Å². The van der Waals surface area contributed by atoms with Crippen molar-refractivity contribution in [2.75, 3.05) is 45.7 Å². The number of anilines is 1. The van der Waals surface area contributed by atoms with Gasteiger partial charge in [-0.05, 0) is 69.9 Å². The van der Waals surface area contributed by atoms with Crippen molar-refractivity contribution in [1.82, 2.24) is 10.2 Å². The van der Waals surface area contributed by atoms with Crippen LogP contribution < -0.4 is 20.1 Å². The Hall–Kier alpha value is -3.06. The van der Waals surface area contributed by atoms with Crippen molar-refractivity contribution in [1.29, 1.82) is 0 Å². The Morgan fingerprint density at radius 1 is 0.784 bits per heavy atom. The maximum Gasteiger partial charge on any atom is 0.255 e. The van der Waals surface area contributed by atoms with Crippen molar-refractivity contribution >= 4 is 17.5 Å². The van der Waals surface area contributed by atoms with Crippen molar-refractivity contribution in [3.8, 4) is 11.5 Å².